The molecule has 0 spiro atoms. The average molecular weight is 225 g/mol. The minimum Gasteiger partial charge on any atom is -0.481 e. The molecule has 0 aromatic carbocycles. The lowest BCUT2D eigenvalue weighted by Crippen LogP contribution is -1.96. The zero-order chi connectivity index (χ0) is 12.1. The number of methoxy groups -OCH3 is 1. The molecule has 0 N–H and O–H groups in total. The van der Waals surface area contributed by atoms with Crippen LogP contribution in [-0.2, 0) is 6.42 Å². The first-order chi connectivity index (χ1) is 8.35. The SMILES string of the molecule is COc1ccc(-c2cccnc2)c(CC#N)n1. The summed E-state index contributed by atoms with van der Waals surface area (Å²) in [5, 5.41) is 8.81. The fraction of sp³-hybridized carbons (Fsp3) is 0.154. The van der Waals surface area contributed by atoms with Gasteiger partial charge in [-0.3, -0.25) is 4.98 Å². The zero-order valence-electron chi connectivity index (χ0n) is 9.42. The fourth-order valence-electron chi connectivity index (χ4n) is 1.59. The van der Waals surface area contributed by atoms with Gasteiger partial charge >= 0.3 is 0 Å². The van der Waals surface area contributed by atoms with Gasteiger partial charge in [0.1, 0.15) is 0 Å². The van der Waals surface area contributed by atoms with Crippen LogP contribution in [0.15, 0.2) is 36.7 Å². The second-order valence-corrected chi connectivity index (χ2v) is 3.42. The van der Waals surface area contributed by atoms with E-state index >= 15 is 0 Å². The number of aromatic nitrogens is 2. The summed E-state index contributed by atoms with van der Waals surface area (Å²) in [6.07, 6.45) is 3.72. The van der Waals surface area contributed by atoms with Crippen LogP contribution in [0.2, 0.25) is 0 Å². The molecular formula is C13H11N3O. The largest absolute Gasteiger partial charge is 0.481 e. The predicted octanol–water partition coefficient (Wildman–Crippen LogP) is 2.22. The summed E-state index contributed by atoms with van der Waals surface area (Å²) in [4.78, 5) is 8.35. The number of hydrogen-bond acceptors (Lipinski definition) is 4. The second kappa shape index (κ2) is 5.08. The Kier molecular flexibility index (Phi) is 3.31. The number of hydrogen-bond donors (Lipinski definition) is 0. The summed E-state index contributed by atoms with van der Waals surface area (Å²) in [6, 6.07) is 9.58. The Morgan fingerprint density at radius 1 is 1.35 bits per heavy atom. The average Bonchev–Trinajstić information content (AvgIpc) is 2.40. The van der Waals surface area contributed by atoms with Gasteiger partial charge in [0.05, 0.1) is 25.3 Å². The molecule has 2 rings (SSSR count). The molecule has 17 heavy (non-hydrogen) atoms. The number of pyridine rings is 2. The van der Waals surface area contributed by atoms with Crippen LogP contribution in [0.4, 0.5) is 0 Å². The smallest absolute Gasteiger partial charge is 0.213 e. The van der Waals surface area contributed by atoms with Gasteiger partial charge in [-0.1, -0.05) is 6.07 Å². The van der Waals surface area contributed by atoms with Gasteiger partial charge in [0.25, 0.3) is 0 Å². The highest BCUT2D eigenvalue weighted by molar-refractivity contribution is 5.65. The van der Waals surface area contributed by atoms with Crippen LogP contribution in [0, 0.1) is 11.3 Å². The van der Waals surface area contributed by atoms with Crippen LogP contribution in [0.25, 0.3) is 11.1 Å². The van der Waals surface area contributed by atoms with Crippen molar-refractivity contribution in [2.45, 2.75) is 6.42 Å². The van der Waals surface area contributed by atoms with Crippen molar-refractivity contribution < 1.29 is 4.74 Å². The van der Waals surface area contributed by atoms with Crippen molar-refractivity contribution in [1.29, 1.82) is 5.26 Å². The van der Waals surface area contributed by atoms with E-state index in [-0.39, 0.29) is 6.42 Å². The van der Waals surface area contributed by atoms with Crippen LogP contribution in [0.1, 0.15) is 5.69 Å². The molecule has 0 saturated carbocycles. The van der Waals surface area contributed by atoms with Crippen LogP contribution in [0.3, 0.4) is 0 Å². The van der Waals surface area contributed by atoms with E-state index in [1.54, 1.807) is 25.6 Å². The van der Waals surface area contributed by atoms with Gasteiger partial charge in [0.2, 0.25) is 5.88 Å². The Labute approximate surface area is 99.5 Å². The number of rotatable bonds is 3. The third-order valence-corrected chi connectivity index (χ3v) is 2.38. The molecule has 0 saturated heterocycles. The molecule has 4 heteroatoms. The Hall–Kier alpha value is -2.41. The van der Waals surface area contributed by atoms with E-state index in [2.05, 4.69) is 16.0 Å². The molecule has 0 aliphatic heterocycles. The monoisotopic (exact) mass is 225 g/mol. The van der Waals surface area contributed by atoms with Crippen molar-refractivity contribution in [2.75, 3.05) is 7.11 Å². The molecule has 0 aliphatic rings. The van der Waals surface area contributed by atoms with Crippen molar-refractivity contribution in [3.63, 3.8) is 0 Å². The molecule has 0 atom stereocenters. The fourth-order valence-corrected chi connectivity index (χ4v) is 1.59. The molecule has 2 aromatic rings. The summed E-state index contributed by atoms with van der Waals surface area (Å²) in [7, 11) is 1.56. The normalized spacial score (nSPS) is 9.65. The summed E-state index contributed by atoms with van der Waals surface area (Å²) in [6.45, 7) is 0. The standard InChI is InChI=1S/C13H11N3O/c1-17-13-5-4-11(12(16-13)6-7-14)10-3-2-8-15-9-10/h2-5,8-9H,6H2,1H3. The maximum absolute atomic E-state index is 8.81. The Bertz CT molecular complexity index is 546. The maximum atomic E-state index is 8.81. The Morgan fingerprint density at radius 2 is 2.24 bits per heavy atom. The molecule has 2 heterocycles. The Balaban J connectivity index is 2.50. The van der Waals surface area contributed by atoms with Gasteiger partial charge < -0.3 is 4.74 Å². The van der Waals surface area contributed by atoms with Crippen molar-refractivity contribution in [3.8, 4) is 23.1 Å². The molecule has 2 aromatic heterocycles. The summed E-state index contributed by atoms with van der Waals surface area (Å²) < 4.78 is 5.06. The molecule has 0 amide bonds. The second-order valence-electron chi connectivity index (χ2n) is 3.42. The number of nitriles is 1. The molecule has 4 nitrogen and oxygen atoms in total. The molecular weight excluding hydrogens is 214 g/mol. The highest BCUT2D eigenvalue weighted by atomic mass is 16.5. The minimum absolute atomic E-state index is 0.251. The van der Waals surface area contributed by atoms with Gasteiger partial charge in [0, 0.05) is 29.6 Å². The van der Waals surface area contributed by atoms with Crippen LogP contribution in [0.5, 0.6) is 5.88 Å². The number of ether oxygens (including phenoxy) is 1. The van der Waals surface area contributed by atoms with E-state index in [1.807, 2.05) is 18.2 Å². The minimum atomic E-state index is 0.251. The van der Waals surface area contributed by atoms with Crippen molar-refractivity contribution in [3.05, 3.63) is 42.4 Å². The van der Waals surface area contributed by atoms with Crippen molar-refractivity contribution >= 4 is 0 Å². The lowest BCUT2D eigenvalue weighted by molar-refractivity contribution is 0.397. The van der Waals surface area contributed by atoms with Crippen LogP contribution < -0.4 is 4.74 Å². The molecule has 0 radical (unpaired) electrons. The lowest BCUT2D eigenvalue weighted by atomic mass is 10.0. The third kappa shape index (κ3) is 2.40. The van der Waals surface area contributed by atoms with Gasteiger partial charge in [-0.05, 0) is 12.1 Å². The van der Waals surface area contributed by atoms with E-state index in [1.165, 1.54) is 0 Å². The molecule has 84 valence electrons. The first-order valence-electron chi connectivity index (χ1n) is 5.16. The first kappa shape index (κ1) is 11.1. The van der Waals surface area contributed by atoms with Crippen molar-refractivity contribution in [1.82, 2.24) is 9.97 Å². The van der Waals surface area contributed by atoms with Crippen LogP contribution in [-0.4, -0.2) is 17.1 Å². The van der Waals surface area contributed by atoms with Gasteiger partial charge in [0.15, 0.2) is 0 Å². The third-order valence-electron chi connectivity index (χ3n) is 2.38. The lowest BCUT2D eigenvalue weighted by Gasteiger charge is -2.07. The summed E-state index contributed by atoms with van der Waals surface area (Å²) in [5.41, 5.74) is 2.58. The molecule has 0 unspecified atom stereocenters. The quantitative estimate of drug-likeness (QED) is 0.803. The van der Waals surface area contributed by atoms with Crippen LogP contribution >= 0.6 is 0 Å². The highest BCUT2D eigenvalue weighted by Gasteiger charge is 2.08. The highest BCUT2D eigenvalue weighted by Crippen LogP contribution is 2.24. The van der Waals surface area contributed by atoms with Gasteiger partial charge in [-0.25, -0.2) is 4.98 Å². The molecule has 0 aliphatic carbocycles. The first-order valence-corrected chi connectivity index (χ1v) is 5.16. The van der Waals surface area contributed by atoms with Crippen molar-refractivity contribution in [2.24, 2.45) is 0 Å². The van der Waals surface area contributed by atoms with Gasteiger partial charge in [-0.15, -0.1) is 0 Å². The topological polar surface area (TPSA) is 58.8 Å². The summed E-state index contributed by atoms with van der Waals surface area (Å²) in [5.74, 6) is 0.517. The molecule has 0 fully saturated rings. The van der Waals surface area contributed by atoms with E-state index < -0.39 is 0 Å². The summed E-state index contributed by atoms with van der Waals surface area (Å²) >= 11 is 0. The predicted molar refractivity (Wildman–Crippen MR) is 63.3 cm³/mol. The van der Waals surface area contributed by atoms with E-state index in [4.69, 9.17) is 10.00 Å². The Morgan fingerprint density at radius 3 is 2.88 bits per heavy atom. The van der Waals surface area contributed by atoms with E-state index in [0.29, 0.717) is 11.6 Å². The van der Waals surface area contributed by atoms with E-state index in [9.17, 15) is 0 Å². The zero-order valence-corrected chi connectivity index (χ0v) is 9.42. The van der Waals surface area contributed by atoms with Gasteiger partial charge in [-0.2, -0.15) is 5.26 Å². The number of nitrogens with zero attached hydrogens (tertiary/aromatic N) is 3. The van der Waals surface area contributed by atoms with E-state index in [0.717, 1.165) is 11.1 Å². The molecule has 0 bridgehead atoms. The maximum Gasteiger partial charge on any atom is 0.213 e.